The average molecular weight is 588 g/mol. The van der Waals surface area contributed by atoms with Gasteiger partial charge in [-0.05, 0) is 70.2 Å². The molecule has 6 rings (SSSR count). The number of nitrogens with zero attached hydrogens (tertiary/aromatic N) is 6. The number of hydrogen-bond acceptors (Lipinski definition) is 8. The lowest BCUT2D eigenvalue weighted by molar-refractivity contribution is 0.145. The highest BCUT2D eigenvalue weighted by atomic mass is 16.5. The second kappa shape index (κ2) is 14.3. The number of piperazine rings is 1. The summed E-state index contributed by atoms with van der Waals surface area (Å²) in [6.07, 6.45) is 12.2. The molecular formula is C33H45N7O3. The van der Waals surface area contributed by atoms with E-state index in [9.17, 15) is 4.79 Å². The molecule has 0 bridgehead atoms. The summed E-state index contributed by atoms with van der Waals surface area (Å²) in [5, 5.41) is 4.07. The maximum Gasteiger partial charge on any atom is 0.321 e. The Morgan fingerprint density at radius 3 is 2.51 bits per heavy atom. The van der Waals surface area contributed by atoms with Crippen molar-refractivity contribution >= 4 is 22.6 Å². The van der Waals surface area contributed by atoms with Gasteiger partial charge in [0.25, 0.3) is 0 Å². The largest absolute Gasteiger partial charge is 0.493 e. The molecule has 0 radical (unpaired) electrons. The van der Waals surface area contributed by atoms with Gasteiger partial charge in [0, 0.05) is 69.3 Å². The molecule has 3 aliphatic rings. The summed E-state index contributed by atoms with van der Waals surface area (Å²) in [5.41, 5.74) is 2.65. The molecule has 43 heavy (non-hydrogen) atoms. The Labute approximate surface area is 254 Å². The molecule has 0 atom stereocenters. The van der Waals surface area contributed by atoms with Gasteiger partial charge in [0.05, 0.1) is 29.7 Å². The number of fused-ring (bicyclic) bond motifs is 1. The van der Waals surface area contributed by atoms with Crippen LogP contribution >= 0.6 is 0 Å². The number of nitrogens with one attached hydrogen (secondary N) is 1. The number of pyridine rings is 1. The quantitative estimate of drug-likeness (QED) is 0.343. The van der Waals surface area contributed by atoms with Gasteiger partial charge < -0.3 is 29.5 Å². The number of ether oxygens (including phenoxy) is 2. The molecule has 230 valence electrons. The number of piperidine rings is 1. The Morgan fingerprint density at radius 1 is 0.930 bits per heavy atom. The van der Waals surface area contributed by atoms with Crippen molar-refractivity contribution in [3.63, 3.8) is 0 Å². The molecule has 0 spiro atoms. The zero-order chi connectivity index (χ0) is 29.4. The van der Waals surface area contributed by atoms with Crippen LogP contribution in [0.3, 0.4) is 0 Å². The third-order valence-corrected chi connectivity index (χ3v) is 9.12. The Hall–Kier alpha value is -3.50. The number of hydrogen-bond donors (Lipinski definition) is 1. The van der Waals surface area contributed by atoms with E-state index in [-0.39, 0.29) is 18.1 Å². The number of urea groups is 1. The van der Waals surface area contributed by atoms with E-state index in [0.29, 0.717) is 31.3 Å². The summed E-state index contributed by atoms with van der Waals surface area (Å²) in [7, 11) is 2.18. The predicted octanol–water partition coefficient (Wildman–Crippen LogP) is 5.16. The molecule has 2 saturated heterocycles. The fourth-order valence-electron chi connectivity index (χ4n) is 6.46. The van der Waals surface area contributed by atoms with Crippen LogP contribution in [0.15, 0.2) is 42.9 Å². The SMILES string of the molecule is CN1CCN(CCCOc2ccc3c(C4CCN(C(=O)Nc5ccc(OC6CCCCC6)nc5)CC4)ncnc3c2)CC1. The maximum atomic E-state index is 13.0. The first kappa shape index (κ1) is 29.6. The van der Waals surface area contributed by atoms with Crippen molar-refractivity contribution in [2.75, 3.05) is 64.8 Å². The highest BCUT2D eigenvalue weighted by Crippen LogP contribution is 2.32. The molecule has 0 unspecified atom stereocenters. The van der Waals surface area contributed by atoms with E-state index in [4.69, 9.17) is 9.47 Å². The normalized spacial score (nSPS) is 19.4. The average Bonchev–Trinajstić information content (AvgIpc) is 3.05. The first-order valence-corrected chi connectivity index (χ1v) is 16.1. The summed E-state index contributed by atoms with van der Waals surface area (Å²) in [6, 6.07) is 9.78. The smallest absolute Gasteiger partial charge is 0.321 e. The van der Waals surface area contributed by atoms with Crippen LogP contribution in [-0.2, 0) is 0 Å². The fourth-order valence-corrected chi connectivity index (χ4v) is 6.46. The van der Waals surface area contributed by atoms with E-state index in [1.165, 1.54) is 19.3 Å². The van der Waals surface area contributed by atoms with Gasteiger partial charge in [0.2, 0.25) is 5.88 Å². The highest BCUT2D eigenvalue weighted by molar-refractivity contribution is 5.89. The third-order valence-electron chi connectivity index (χ3n) is 9.12. The summed E-state index contributed by atoms with van der Waals surface area (Å²) in [5.74, 6) is 1.76. The van der Waals surface area contributed by atoms with Crippen LogP contribution in [0.25, 0.3) is 10.9 Å². The van der Waals surface area contributed by atoms with Crippen LogP contribution in [0.5, 0.6) is 11.6 Å². The summed E-state index contributed by atoms with van der Waals surface area (Å²) in [4.78, 5) is 33.4. The van der Waals surface area contributed by atoms with Crippen molar-refractivity contribution in [2.24, 2.45) is 0 Å². The zero-order valence-corrected chi connectivity index (χ0v) is 25.4. The van der Waals surface area contributed by atoms with Gasteiger partial charge in [0.1, 0.15) is 18.2 Å². The topological polar surface area (TPSA) is 96.0 Å². The fraction of sp³-hybridized carbons (Fsp3) is 0.576. The van der Waals surface area contributed by atoms with Crippen LogP contribution < -0.4 is 14.8 Å². The number of anilines is 1. The minimum atomic E-state index is -0.0943. The number of aromatic nitrogens is 3. The van der Waals surface area contributed by atoms with Crippen LogP contribution in [0.2, 0.25) is 0 Å². The maximum absolute atomic E-state index is 13.0. The number of benzene rings is 1. The number of likely N-dealkylation sites (tertiary alicyclic amines) is 1. The molecule has 2 aliphatic heterocycles. The Kier molecular flexibility index (Phi) is 9.84. The molecule has 3 fully saturated rings. The van der Waals surface area contributed by atoms with Crippen LogP contribution in [0.1, 0.15) is 63.0 Å². The molecule has 2 amide bonds. The van der Waals surface area contributed by atoms with Crippen LogP contribution in [0.4, 0.5) is 10.5 Å². The second-order valence-corrected chi connectivity index (χ2v) is 12.2. The molecule has 10 heteroatoms. The predicted molar refractivity (Wildman–Crippen MR) is 168 cm³/mol. The zero-order valence-electron chi connectivity index (χ0n) is 25.4. The molecular weight excluding hydrogens is 542 g/mol. The Bertz CT molecular complexity index is 1330. The molecule has 10 nitrogen and oxygen atoms in total. The van der Waals surface area contributed by atoms with E-state index < -0.39 is 0 Å². The van der Waals surface area contributed by atoms with Gasteiger partial charge in [-0.25, -0.2) is 19.7 Å². The number of rotatable bonds is 9. The molecule has 1 aliphatic carbocycles. The van der Waals surface area contributed by atoms with Crippen molar-refractivity contribution < 1.29 is 14.3 Å². The number of carbonyl (C=O) groups is 1. The molecule has 4 heterocycles. The lowest BCUT2D eigenvalue weighted by Gasteiger charge is -2.32. The van der Waals surface area contributed by atoms with Crippen LogP contribution in [-0.4, -0.2) is 101 Å². The van der Waals surface area contributed by atoms with Gasteiger partial charge in [-0.3, -0.25) is 0 Å². The first-order valence-electron chi connectivity index (χ1n) is 16.1. The van der Waals surface area contributed by atoms with E-state index in [1.807, 2.05) is 29.2 Å². The van der Waals surface area contributed by atoms with Crippen LogP contribution in [0, 0.1) is 0 Å². The van der Waals surface area contributed by atoms with E-state index in [0.717, 1.165) is 87.2 Å². The minimum absolute atomic E-state index is 0.0943. The number of amides is 2. The molecule has 1 N–H and O–H groups in total. The van der Waals surface area contributed by atoms with Crippen molar-refractivity contribution in [3.05, 3.63) is 48.5 Å². The summed E-state index contributed by atoms with van der Waals surface area (Å²) >= 11 is 0. The molecule has 1 saturated carbocycles. The summed E-state index contributed by atoms with van der Waals surface area (Å²) in [6.45, 7) is 7.67. The monoisotopic (exact) mass is 587 g/mol. The molecule has 2 aromatic heterocycles. The Morgan fingerprint density at radius 2 is 1.74 bits per heavy atom. The third kappa shape index (κ3) is 7.92. The van der Waals surface area contributed by atoms with Crippen molar-refractivity contribution in [2.45, 2.75) is 63.4 Å². The van der Waals surface area contributed by atoms with Gasteiger partial charge in [0.15, 0.2) is 0 Å². The van der Waals surface area contributed by atoms with Crippen molar-refractivity contribution in [1.29, 1.82) is 0 Å². The lowest BCUT2D eigenvalue weighted by atomic mass is 9.91. The lowest BCUT2D eigenvalue weighted by Crippen LogP contribution is -2.44. The summed E-state index contributed by atoms with van der Waals surface area (Å²) < 4.78 is 12.1. The highest BCUT2D eigenvalue weighted by Gasteiger charge is 2.26. The van der Waals surface area contributed by atoms with Crippen molar-refractivity contribution in [1.82, 2.24) is 29.7 Å². The molecule has 3 aromatic rings. The Balaban J connectivity index is 0.969. The van der Waals surface area contributed by atoms with E-state index in [2.05, 4.69) is 43.2 Å². The minimum Gasteiger partial charge on any atom is -0.493 e. The molecule has 1 aromatic carbocycles. The van der Waals surface area contributed by atoms with Gasteiger partial charge in [-0.15, -0.1) is 0 Å². The number of likely N-dealkylation sites (N-methyl/N-ethyl adjacent to an activating group) is 1. The van der Waals surface area contributed by atoms with Gasteiger partial charge >= 0.3 is 6.03 Å². The van der Waals surface area contributed by atoms with Gasteiger partial charge in [-0.1, -0.05) is 6.42 Å². The first-order chi connectivity index (χ1) is 21.1. The standard InChI is InChI=1S/C33H45N7O3/c1-38-17-19-39(20-18-38)14-5-21-42-28-9-10-29-30(22-28)35-24-36-32(29)25-12-15-40(16-13-25)33(41)37-26-8-11-31(34-23-26)43-27-6-3-2-4-7-27/h8-11,22-25,27H,2-7,12-21H2,1H3,(H,37,41). The van der Waals surface area contributed by atoms with E-state index >= 15 is 0 Å². The van der Waals surface area contributed by atoms with Gasteiger partial charge in [-0.2, -0.15) is 0 Å². The second-order valence-electron chi connectivity index (χ2n) is 12.2. The van der Waals surface area contributed by atoms with E-state index in [1.54, 1.807) is 12.5 Å². The number of carbonyl (C=O) groups excluding carboxylic acids is 1. The van der Waals surface area contributed by atoms with Crippen molar-refractivity contribution in [3.8, 4) is 11.6 Å².